The lowest BCUT2D eigenvalue weighted by Gasteiger charge is -2.21. The third kappa shape index (κ3) is 4.77. The van der Waals surface area contributed by atoms with Gasteiger partial charge >= 0.3 is 0 Å². The van der Waals surface area contributed by atoms with E-state index in [9.17, 15) is 4.79 Å². The normalized spacial score (nSPS) is 14.8. The molecule has 1 aromatic heterocycles. The van der Waals surface area contributed by atoms with E-state index in [0.717, 1.165) is 60.7 Å². The average Bonchev–Trinajstić information content (AvgIpc) is 3.16. The Bertz CT molecular complexity index is 961. The molecule has 1 aliphatic rings. The molecule has 0 amide bonds. The quantitative estimate of drug-likeness (QED) is 0.350. The number of ketones is 1. The van der Waals surface area contributed by atoms with Crippen LogP contribution >= 0.6 is 0 Å². The molecule has 1 heterocycles. The number of furan rings is 1. The van der Waals surface area contributed by atoms with E-state index >= 15 is 0 Å². The summed E-state index contributed by atoms with van der Waals surface area (Å²) in [7, 11) is 0. The minimum atomic E-state index is 0.0276. The predicted octanol–water partition coefficient (Wildman–Crippen LogP) is 7.36. The van der Waals surface area contributed by atoms with Gasteiger partial charge in [0.1, 0.15) is 17.1 Å². The van der Waals surface area contributed by atoms with Crippen molar-refractivity contribution in [1.82, 2.24) is 0 Å². The summed E-state index contributed by atoms with van der Waals surface area (Å²) in [5.74, 6) is 2.48. The molecular formula is C27H32O3. The summed E-state index contributed by atoms with van der Waals surface area (Å²) >= 11 is 0. The molecule has 1 fully saturated rings. The Labute approximate surface area is 179 Å². The number of benzene rings is 2. The number of carbonyl (C=O) groups excluding carboxylic acids is 1. The van der Waals surface area contributed by atoms with Crippen molar-refractivity contribution in [3.63, 3.8) is 0 Å². The van der Waals surface area contributed by atoms with Gasteiger partial charge in [0.05, 0.1) is 12.2 Å². The highest BCUT2D eigenvalue weighted by Gasteiger charge is 2.21. The number of ether oxygens (including phenoxy) is 1. The number of para-hydroxylation sites is 1. The average molecular weight is 405 g/mol. The van der Waals surface area contributed by atoms with Crippen LogP contribution < -0.4 is 4.74 Å². The van der Waals surface area contributed by atoms with Gasteiger partial charge in [0.2, 0.25) is 0 Å². The highest BCUT2D eigenvalue weighted by atomic mass is 16.5. The fourth-order valence-corrected chi connectivity index (χ4v) is 4.52. The Morgan fingerprint density at radius 3 is 2.57 bits per heavy atom. The molecule has 1 aliphatic carbocycles. The molecule has 1 saturated carbocycles. The molecule has 30 heavy (non-hydrogen) atoms. The van der Waals surface area contributed by atoms with Gasteiger partial charge in [-0.1, -0.05) is 63.6 Å². The number of carbonyl (C=O) groups is 1. The molecule has 0 aliphatic heterocycles. The van der Waals surface area contributed by atoms with Crippen LogP contribution in [0.4, 0.5) is 0 Å². The van der Waals surface area contributed by atoms with Gasteiger partial charge in [-0.25, -0.2) is 0 Å². The topological polar surface area (TPSA) is 39.4 Å². The molecule has 0 unspecified atom stereocenters. The Morgan fingerprint density at radius 2 is 1.80 bits per heavy atom. The summed E-state index contributed by atoms with van der Waals surface area (Å²) in [6, 6.07) is 15.4. The van der Waals surface area contributed by atoms with Crippen LogP contribution in [0.25, 0.3) is 11.0 Å². The largest absolute Gasteiger partial charge is 0.494 e. The van der Waals surface area contributed by atoms with Gasteiger partial charge in [-0.2, -0.15) is 0 Å². The van der Waals surface area contributed by atoms with Crippen molar-refractivity contribution in [1.29, 1.82) is 0 Å². The first-order chi connectivity index (χ1) is 14.8. The number of aryl methyl sites for hydroxylation is 1. The predicted molar refractivity (Wildman–Crippen MR) is 121 cm³/mol. The van der Waals surface area contributed by atoms with Crippen molar-refractivity contribution in [2.45, 2.75) is 64.7 Å². The second-order valence-corrected chi connectivity index (χ2v) is 8.49. The van der Waals surface area contributed by atoms with E-state index in [1.165, 1.54) is 32.1 Å². The van der Waals surface area contributed by atoms with Crippen molar-refractivity contribution in [2.75, 3.05) is 6.61 Å². The first kappa shape index (κ1) is 20.7. The molecule has 0 saturated heterocycles. The lowest BCUT2D eigenvalue weighted by atomic mass is 9.87. The summed E-state index contributed by atoms with van der Waals surface area (Å²) in [5.41, 5.74) is 2.18. The Kier molecular flexibility index (Phi) is 6.88. The van der Waals surface area contributed by atoms with Gasteiger partial charge in [-0.05, 0) is 49.1 Å². The fourth-order valence-electron chi connectivity index (χ4n) is 4.52. The molecule has 3 heteroatoms. The lowest BCUT2D eigenvalue weighted by molar-refractivity contribution is 0.103. The van der Waals surface area contributed by atoms with Crippen molar-refractivity contribution in [3.8, 4) is 5.75 Å². The standard InChI is InChI=1S/C27H32O3/c1-2-3-12-25-26(23-11-7-8-13-24(23)30-25)27(28)21-14-16-22(17-15-21)29-19-18-20-9-5-4-6-10-20/h7-8,11,13-17,20H,2-6,9-10,12,18-19H2,1H3. The molecule has 3 aromatic rings. The van der Waals surface area contributed by atoms with Crippen LogP contribution in [0.5, 0.6) is 5.75 Å². The maximum absolute atomic E-state index is 13.3. The number of unbranched alkanes of at least 4 members (excludes halogenated alkanes) is 1. The van der Waals surface area contributed by atoms with Gasteiger partial charge in [0, 0.05) is 17.4 Å². The SMILES string of the molecule is CCCCc1oc2ccccc2c1C(=O)c1ccc(OCCC2CCCCC2)cc1. The first-order valence-electron chi connectivity index (χ1n) is 11.5. The third-order valence-corrected chi connectivity index (χ3v) is 6.29. The van der Waals surface area contributed by atoms with Gasteiger partial charge < -0.3 is 9.15 Å². The van der Waals surface area contributed by atoms with E-state index in [4.69, 9.17) is 9.15 Å². The van der Waals surface area contributed by atoms with Crippen LogP contribution in [0.2, 0.25) is 0 Å². The maximum atomic E-state index is 13.3. The van der Waals surface area contributed by atoms with E-state index in [-0.39, 0.29) is 5.78 Å². The molecule has 0 radical (unpaired) electrons. The first-order valence-corrected chi connectivity index (χ1v) is 11.5. The summed E-state index contributed by atoms with van der Waals surface area (Å²) in [6.45, 7) is 2.91. The van der Waals surface area contributed by atoms with Crippen molar-refractivity contribution in [3.05, 3.63) is 65.4 Å². The van der Waals surface area contributed by atoms with Crippen molar-refractivity contribution in [2.24, 2.45) is 5.92 Å². The molecule has 0 N–H and O–H groups in total. The van der Waals surface area contributed by atoms with E-state index < -0.39 is 0 Å². The maximum Gasteiger partial charge on any atom is 0.197 e. The molecule has 3 nitrogen and oxygen atoms in total. The molecule has 0 bridgehead atoms. The molecule has 158 valence electrons. The van der Waals surface area contributed by atoms with Gasteiger partial charge in [0.15, 0.2) is 5.78 Å². The summed E-state index contributed by atoms with van der Waals surface area (Å²) < 4.78 is 12.0. The highest BCUT2D eigenvalue weighted by Crippen LogP contribution is 2.30. The Morgan fingerprint density at radius 1 is 1.03 bits per heavy atom. The molecule has 0 atom stereocenters. The second kappa shape index (κ2) is 9.97. The van der Waals surface area contributed by atoms with E-state index in [1.54, 1.807) is 0 Å². The zero-order chi connectivity index (χ0) is 20.8. The number of hydrogen-bond donors (Lipinski definition) is 0. The van der Waals surface area contributed by atoms with Crippen LogP contribution in [0.3, 0.4) is 0 Å². The third-order valence-electron chi connectivity index (χ3n) is 6.29. The Hall–Kier alpha value is -2.55. The molecular weight excluding hydrogens is 372 g/mol. The zero-order valence-electron chi connectivity index (χ0n) is 18.0. The second-order valence-electron chi connectivity index (χ2n) is 8.49. The smallest absolute Gasteiger partial charge is 0.197 e. The van der Waals surface area contributed by atoms with Crippen LogP contribution in [-0.2, 0) is 6.42 Å². The summed E-state index contributed by atoms with van der Waals surface area (Å²) in [5, 5.41) is 0.904. The van der Waals surface area contributed by atoms with Crippen molar-refractivity contribution < 1.29 is 13.9 Å². The minimum Gasteiger partial charge on any atom is -0.494 e. The number of hydrogen-bond acceptors (Lipinski definition) is 3. The summed E-state index contributed by atoms with van der Waals surface area (Å²) in [4.78, 5) is 13.3. The Balaban J connectivity index is 1.45. The van der Waals surface area contributed by atoms with Crippen LogP contribution in [0, 0.1) is 5.92 Å². The zero-order valence-corrected chi connectivity index (χ0v) is 18.0. The fraction of sp³-hybridized carbons (Fsp3) is 0.444. The number of rotatable bonds is 9. The van der Waals surface area contributed by atoms with E-state index in [0.29, 0.717) is 11.1 Å². The van der Waals surface area contributed by atoms with Crippen LogP contribution in [0.1, 0.15) is 80.0 Å². The molecule has 2 aromatic carbocycles. The van der Waals surface area contributed by atoms with Gasteiger partial charge in [-0.15, -0.1) is 0 Å². The van der Waals surface area contributed by atoms with Crippen molar-refractivity contribution >= 4 is 16.8 Å². The van der Waals surface area contributed by atoms with Crippen LogP contribution in [-0.4, -0.2) is 12.4 Å². The number of fused-ring (bicyclic) bond motifs is 1. The van der Waals surface area contributed by atoms with E-state index in [2.05, 4.69) is 6.92 Å². The summed E-state index contributed by atoms with van der Waals surface area (Å²) in [6.07, 6.45) is 10.8. The van der Waals surface area contributed by atoms with Crippen LogP contribution in [0.15, 0.2) is 52.9 Å². The molecule has 4 rings (SSSR count). The molecule has 0 spiro atoms. The van der Waals surface area contributed by atoms with E-state index in [1.807, 2.05) is 48.5 Å². The highest BCUT2D eigenvalue weighted by molar-refractivity contribution is 6.16. The monoisotopic (exact) mass is 404 g/mol. The van der Waals surface area contributed by atoms with Gasteiger partial charge in [-0.3, -0.25) is 4.79 Å². The lowest BCUT2D eigenvalue weighted by Crippen LogP contribution is -2.10. The minimum absolute atomic E-state index is 0.0276. The van der Waals surface area contributed by atoms with Gasteiger partial charge in [0.25, 0.3) is 0 Å².